The van der Waals surface area contributed by atoms with Crippen LogP contribution in [0.4, 0.5) is 0 Å². The van der Waals surface area contributed by atoms with Gasteiger partial charge >= 0.3 is 0 Å². The summed E-state index contributed by atoms with van der Waals surface area (Å²) in [6, 6.07) is 0. The first kappa shape index (κ1) is 28.7. The third-order valence-corrected chi connectivity index (χ3v) is 4.65. The summed E-state index contributed by atoms with van der Waals surface area (Å²) in [6.45, 7) is 14.6. The Balaban J connectivity index is 2.97. The highest BCUT2D eigenvalue weighted by Crippen LogP contribution is 1.81. The van der Waals surface area contributed by atoms with E-state index in [1.165, 1.54) is 32.1 Å². The van der Waals surface area contributed by atoms with Crippen molar-refractivity contribution >= 4 is 0 Å². The molecule has 8 heteroatoms. The predicted molar refractivity (Wildman–Crippen MR) is 128 cm³/mol. The molecule has 0 unspecified atom stereocenters. The summed E-state index contributed by atoms with van der Waals surface area (Å²) in [5, 5.41) is 20.9. The van der Waals surface area contributed by atoms with Gasteiger partial charge in [-0.1, -0.05) is 0 Å². The first-order valence-corrected chi connectivity index (χ1v) is 12.1. The van der Waals surface area contributed by atoms with Crippen LogP contribution in [0.1, 0.15) is 44.9 Å². The summed E-state index contributed by atoms with van der Waals surface area (Å²) in [6.07, 6.45) is 8.10. The second-order valence-electron chi connectivity index (χ2n) is 7.55. The highest BCUT2D eigenvalue weighted by molar-refractivity contribution is 4.57. The minimum atomic E-state index is 0.779. The van der Waals surface area contributed by atoms with Gasteiger partial charge in [0.2, 0.25) is 0 Å². The average Bonchev–Trinajstić information content (AvgIpc) is 2.74. The normalized spacial score (nSPS) is 11.4. The van der Waals surface area contributed by atoms with Gasteiger partial charge in [0, 0.05) is 0 Å². The van der Waals surface area contributed by atoms with E-state index in [1.54, 1.807) is 0 Å². The topological polar surface area (TPSA) is 124 Å². The number of hydrogen-bond acceptors (Lipinski definition) is 8. The van der Waals surface area contributed by atoms with Crippen molar-refractivity contribution in [3.8, 4) is 0 Å². The van der Waals surface area contributed by atoms with Crippen molar-refractivity contribution < 1.29 is 0 Å². The van der Waals surface area contributed by atoms with E-state index < -0.39 is 0 Å². The van der Waals surface area contributed by atoms with Crippen LogP contribution in [-0.4, -0.2) is 91.6 Å². The van der Waals surface area contributed by atoms with Crippen LogP contribution >= 0.6 is 0 Å². The van der Waals surface area contributed by atoms with Crippen LogP contribution in [0.3, 0.4) is 0 Å². The van der Waals surface area contributed by atoms with E-state index in [2.05, 4.69) is 31.9 Å². The molecule has 0 aliphatic rings. The standard InChI is InChI=1S/C21H52N8/c22-8-1-10-24-12-3-14-26-16-5-18-28-20-7-21-29-19-6-17-27-15-4-13-25-11-2-9-23/h24-29H,1-23H2. The van der Waals surface area contributed by atoms with Crippen molar-refractivity contribution in [2.24, 2.45) is 11.5 Å². The fourth-order valence-corrected chi connectivity index (χ4v) is 2.90. The van der Waals surface area contributed by atoms with Crippen molar-refractivity contribution in [2.75, 3.05) is 91.6 Å². The molecule has 0 heterocycles. The van der Waals surface area contributed by atoms with Gasteiger partial charge in [-0.2, -0.15) is 0 Å². The fourth-order valence-electron chi connectivity index (χ4n) is 2.90. The Hall–Kier alpha value is -0.320. The van der Waals surface area contributed by atoms with Crippen molar-refractivity contribution in [3.05, 3.63) is 0 Å². The van der Waals surface area contributed by atoms with Gasteiger partial charge in [-0.25, -0.2) is 0 Å². The lowest BCUT2D eigenvalue weighted by molar-refractivity contribution is 0.539. The van der Waals surface area contributed by atoms with Gasteiger partial charge < -0.3 is 43.4 Å². The summed E-state index contributed by atoms with van der Waals surface area (Å²) >= 11 is 0. The second kappa shape index (κ2) is 27.7. The molecule has 176 valence electrons. The van der Waals surface area contributed by atoms with Crippen LogP contribution in [0.5, 0.6) is 0 Å². The van der Waals surface area contributed by atoms with Crippen molar-refractivity contribution in [1.82, 2.24) is 31.9 Å². The van der Waals surface area contributed by atoms with E-state index in [9.17, 15) is 0 Å². The molecular weight excluding hydrogens is 364 g/mol. The summed E-state index contributed by atoms with van der Waals surface area (Å²) < 4.78 is 0. The average molecular weight is 417 g/mol. The summed E-state index contributed by atoms with van der Waals surface area (Å²) in [5.74, 6) is 0. The molecule has 8 nitrogen and oxygen atoms in total. The van der Waals surface area contributed by atoms with E-state index in [0.29, 0.717) is 0 Å². The van der Waals surface area contributed by atoms with E-state index in [4.69, 9.17) is 11.5 Å². The monoisotopic (exact) mass is 416 g/mol. The first-order chi connectivity index (χ1) is 14.4. The SMILES string of the molecule is NCCCNCCCNCCCNCCCNCCCNCCCNCCCN. The van der Waals surface area contributed by atoms with Crippen LogP contribution in [0.2, 0.25) is 0 Å². The quantitative estimate of drug-likeness (QED) is 0.0860. The minimum Gasteiger partial charge on any atom is -0.330 e. The Morgan fingerprint density at radius 3 is 0.621 bits per heavy atom. The molecule has 10 N–H and O–H groups in total. The van der Waals surface area contributed by atoms with Crippen molar-refractivity contribution in [3.63, 3.8) is 0 Å². The smallest absolute Gasteiger partial charge is 0.00368 e. The molecule has 0 aliphatic heterocycles. The largest absolute Gasteiger partial charge is 0.330 e. The summed E-state index contributed by atoms with van der Waals surface area (Å²) in [4.78, 5) is 0. The van der Waals surface area contributed by atoms with Gasteiger partial charge in [-0.3, -0.25) is 0 Å². The van der Waals surface area contributed by atoms with Crippen molar-refractivity contribution in [1.29, 1.82) is 0 Å². The molecule has 0 spiro atoms. The maximum Gasteiger partial charge on any atom is -0.00368 e. The van der Waals surface area contributed by atoms with Crippen LogP contribution in [0.25, 0.3) is 0 Å². The lowest BCUT2D eigenvalue weighted by atomic mass is 10.3. The molecule has 0 atom stereocenters. The van der Waals surface area contributed by atoms with E-state index in [-0.39, 0.29) is 0 Å². The molecule has 29 heavy (non-hydrogen) atoms. The zero-order valence-corrected chi connectivity index (χ0v) is 19.0. The number of hydrogen-bond donors (Lipinski definition) is 8. The fraction of sp³-hybridized carbons (Fsp3) is 1.00. The lowest BCUT2D eigenvalue weighted by Crippen LogP contribution is -2.28. The number of nitrogens with one attached hydrogen (secondary N) is 6. The molecule has 0 aliphatic carbocycles. The van der Waals surface area contributed by atoms with Crippen molar-refractivity contribution in [2.45, 2.75) is 44.9 Å². The predicted octanol–water partition coefficient (Wildman–Crippen LogP) is -0.828. The van der Waals surface area contributed by atoms with E-state index in [0.717, 1.165) is 104 Å². The zero-order valence-electron chi connectivity index (χ0n) is 19.0. The molecule has 0 radical (unpaired) electrons. The van der Waals surface area contributed by atoms with Gasteiger partial charge in [0.15, 0.2) is 0 Å². The molecule has 0 bridgehead atoms. The third kappa shape index (κ3) is 27.7. The zero-order chi connectivity index (χ0) is 21.1. The van der Waals surface area contributed by atoms with E-state index in [1.807, 2.05) is 0 Å². The molecule has 0 aromatic heterocycles. The molecule has 0 saturated heterocycles. The molecule has 0 aromatic rings. The number of nitrogens with two attached hydrogens (primary N) is 2. The molecule has 0 saturated carbocycles. The summed E-state index contributed by atoms with van der Waals surface area (Å²) in [5.41, 5.74) is 10.9. The van der Waals surface area contributed by atoms with Gasteiger partial charge in [-0.15, -0.1) is 0 Å². The third-order valence-electron chi connectivity index (χ3n) is 4.65. The maximum atomic E-state index is 5.46. The van der Waals surface area contributed by atoms with Gasteiger partial charge in [0.05, 0.1) is 0 Å². The molecule has 0 fully saturated rings. The van der Waals surface area contributed by atoms with Crippen LogP contribution in [0.15, 0.2) is 0 Å². The Kier molecular flexibility index (Phi) is 27.4. The first-order valence-electron chi connectivity index (χ1n) is 12.1. The van der Waals surface area contributed by atoms with Gasteiger partial charge in [0.25, 0.3) is 0 Å². The molecule has 0 aromatic carbocycles. The maximum absolute atomic E-state index is 5.46. The number of rotatable bonds is 26. The Bertz CT molecular complexity index is 255. The molecule has 0 rings (SSSR count). The highest BCUT2D eigenvalue weighted by Gasteiger charge is 1.93. The minimum absolute atomic E-state index is 0.779. The Morgan fingerprint density at radius 1 is 0.276 bits per heavy atom. The van der Waals surface area contributed by atoms with Gasteiger partial charge in [-0.05, 0) is 137 Å². The van der Waals surface area contributed by atoms with Crippen LogP contribution < -0.4 is 43.4 Å². The molecular formula is C21H52N8. The lowest BCUT2D eigenvalue weighted by Gasteiger charge is -2.08. The van der Waals surface area contributed by atoms with E-state index >= 15 is 0 Å². The Morgan fingerprint density at radius 2 is 0.448 bits per heavy atom. The van der Waals surface area contributed by atoms with Crippen LogP contribution in [0, 0.1) is 0 Å². The Labute approximate surface area is 180 Å². The van der Waals surface area contributed by atoms with Gasteiger partial charge in [0.1, 0.15) is 0 Å². The second-order valence-corrected chi connectivity index (χ2v) is 7.55. The van der Waals surface area contributed by atoms with Crippen LogP contribution in [-0.2, 0) is 0 Å². The molecule has 0 amide bonds. The summed E-state index contributed by atoms with van der Waals surface area (Å²) in [7, 11) is 0. The highest BCUT2D eigenvalue weighted by atomic mass is 14.9.